The van der Waals surface area contributed by atoms with Gasteiger partial charge in [-0.2, -0.15) is 0 Å². The van der Waals surface area contributed by atoms with Gasteiger partial charge in [0, 0.05) is 13.3 Å². The number of hydrogen-bond acceptors (Lipinski definition) is 4. The lowest BCUT2D eigenvalue weighted by atomic mass is 10.2. The highest BCUT2D eigenvalue weighted by Crippen LogP contribution is 2.07. The zero-order valence-corrected chi connectivity index (χ0v) is 8.86. The van der Waals surface area contributed by atoms with Gasteiger partial charge in [0.1, 0.15) is 6.04 Å². The molecule has 1 atom stereocenters. The van der Waals surface area contributed by atoms with Gasteiger partial charge in [-0.25, -0.2) is 0 Å². The first-order valence-electron chi connectivity index (χ1n) is 4.60. The fourth-order valence-electron chi connectivity index (χ4n) is 1.11. The van der Waals surface area contributed by atoms with E-state index in [1.165, 1.54) is 7.11 Å². The standard InChI is InChI=1S/C10H15N3O2/c1-7-3-8(5-12-4-7)13-10(14)9(11)6-15-2/h3-5,9H,6,11H2,1-2H3,(H,13,14). The van der Waals surface area contributed by atoms with Crippen LogP contribution >= 0.6 is 0 Å². The molecule has 0 aliphatic heterocycles. The Hall–Kier alpha value is -1.46. The molecule has 0 aromatic carbocycles. The molecular weight excluding hydrogens is 194 g/mol. The van der Waals surface area contributed by atoms with E-state index in [4.69, 9.17) is 10.5 Å². The van der Waals surface area contributed by atoms with E-state index in [1.807, 2.05) is 13.0 Å². The minimum atomic E-state index is -0.657. The number of pyridine rings is 1. The van der Waals surface area contributed by atoms with Crippen LogP contribution in [0.3, 0.4) is 0 Å². The molecule has 0 saturated heterocycles. The van der Waals surface area contributed by atoms with Gasteiger partial charge in [0.25, 0.3) is 0 Å². The number of nitrogens with zero attached hydrogens (tertiary/aromatic N) is 1. The van der Waals surface area contributed by atoms with E-state index in [2.05, 4.69) is 10.3 Å². The summed E-state index contributed by atoms with van der Waals surface area (Å²) in [6, 6.07) is 1.17. The van der Waals surface area contributed by atoms with Crippen LogP contribution in [-0.4, -0.2) is 30.6 Å². The lowest BCUT2D eigenvalue weighted by Gasteiger charge is -2.10. The monoisotopic (exact) mass is 209 g/mol. The number of carbonyl (C=O) groups is 1. The van der Waals surface area contributed by atoms with Crippen molar-refractivity contribution >= 4 is 11.6 Å². The summed E-state index contributed by atoms with van der Waals surface area (Å²) in [5.41, 5.74) is 7.18. The number of amides is 1. The van der Waals surface area contributed by atoms with Crippen molar-refractivity contribution in [2.24, 2.45) is 5.73 Å². The first kappa shape index (κ1) is 11.6. The molecule has 0 saturated carbocycles. The van der Waals surface area contributed by atoms with E-state index in [-0.39, 0.29) is 12.5 Å². The largest absolute Gasteiger partial charge is 0.383 e. The summed E-state index contributed by atoms with van der Waals surface area (Å²) in [6.07, 6.45) is 3.29. The number of aromatic nitrogens is 1. The van der Waals surface area contributed by atoms with E-state index < -0.39 is 6.04 Å². The fourth-order valence-corrected chi connectivity index (χ4v) is 1.11. The summed E-state index contributed by atoms with van der Waals surface area (Å²) < 4.78 is 4.78. The molecule has 82 valence electrons. The van der Waals surface area contributed by atoms with Gasteiger partial charge in [-0.3, -0.25) is 9.78 Å². The lowest BCUT2D eigenvalue weighted by molar-refractivity contribution is -0.118. The summed E-state index contributed by atoms with van der Waals surface area (Å²) >= 11 is 0. The first-order chi connectivity index (χ1) is 7.13. The normalized spacial score (nSPS) is 12.2. The molecule has 1 rings (SSSR count). The third kappa shape index (κ3) is 3.65. The summed E-state index contributed by atoms with van der Waals surface area (Å²) in [4.78, 5) is 15.4. The second-order valence-corrected chi connectivity index (χ2v) is 3.30. The average Bonchev–Trinajstić information content (AvgIpc) is 2.18. The molecule has 15 heavy (non-hydrogen) atoms. The molecule has 0 radical (unpaired) electrons. The molecule has 1 unspecified atom stereocenters. The molecule has 0 fully saturated rings. The molecule has 0 bridgehead atoms. The second-order valence-electron chi connectivity index (χ2n) is 3.30. The third-order valence-electron chi connectivity index (χ3n) is 1.83. The molecular formula is C10H15N3O2. The van der Waals surface area contributed by atoms with Crippen LogP contribution < -0.4 is 11.1 Å². The van der Waals surface area contributed by atoms with E-state index in [0.29, 0.717) is 5.69 Å². The smallest absolute Gasteiger partial charge is 0.243 e. The van der Waals surface area contributed by atoms with Crippen molar-refractivity contribution in [1.82, 2.24) is 4.98 Å². The number of methoxy groups -OCH3 is 1. The highest BCUT2D eigenvalue weighted by molar-refractivity contribution is 5.94. The maximum atomic E-state index is 11.5. The van der Waals surface area contributed by atoms with Crippen molar-refractivity contribution in [3.63, 3.8) is 0 Å². The minimum absolute atomic E-state index is 0.199. The Kier molecular flexibility index (Phi) is 4.20. The maximum Gasteiger partial charge on any atom is 0.243 e. The number of anilines is 1. The van der Waals surface area contributed by atoms with Crippen molar-refractivity contribution in [2.75, 3.05) is 19.0 Å². The number of aryl methyl sites for hydroxylation is 1. The van der Waals surface area contributed by atoms with Gasteiger partial charge in [-0.1, -0.05) is 0 Å². The van der Waals surface area contributed by atoms with E-state index >= 15 is 0 Å². The van der Waals surface area contributed by atoms with Gasteiger partial charge in [0.05, 0.1) is 18.5 Å². The van der Waals surface area contributed by atoms with Crippen LogP contribution in [0, 0.1) is 6.92 Å². The van der Waals surface area contributed by atoms with Gasteiger partial charge >= 0.3 is 0 Å². The van der Waals surface area contributed by atoms with E-state index in [1.54, 1.807) is 12.4 Å². The second kappa shape index (κ2) is 5.43. The Labute approximate surface area is 88.6 Å². The van der Waals surface area contributed by atoms with Gasteiger partial charge in [-0.15, -0.1) is 0 Å². The Morgan fingerprint density at radius 2 is 2.40 bits per heavy atom. The van der Waals surface area contributed by atoms with Crippen molar-refractivity contribution in [2.45, 2.75) is 13.0 Å². The van der Waals surface area contributed by atoms with Crippen LogP contribution in [0.1, 0.15) is 5.56 Å². The molecule has 1 amide bonds. The summed E-state index contributed by atoms with van der Waals surface area (Å²) in [5.74, 6) is -0.274. The Balaban J connectivity index is 2.58. The van der Waals surface area contributed by atoms with Crippen molar-refractivity contribution in [3.05, 3.63) is 24.0 Å². The van der Waals surface area contributed by atoms with Gasteiger partial charge in [0.2, 0.25) is 5.91 Å². The van der Waals surface area contributed by atoms with Gasteiger partial charge in [-0.05, 0) is 18.6 Å². The molecule has 5 nitrogen and oxygen atoms in total. The predicted molar refractivity (Wildman–Crippen MR) is 57.5 cm³/mol. The molecule has 0 aliphatic rings. The average molecular weight is 209 g/mol. The number of ether oxygens (including phenoxy) is 1. The number of hydrogen-bond donors (Lipinski definition) is 2. The predicted octanol–water partition coefficient (Wildman–Crippen LogP) is 0.302. The molecule has 5 heteroatoms. The van der Waals surface area contributed by atoms with Crippen LogP contribution in [0.15, 0.2) is 18.5 Å². The Morgan fingerprint density at radius 1 is 1.67 bits per heavy atom. The molecule has 1 aromatic rings. The summed E-state index contributed by atoms with van der Waals surface area (Å²) in [7, 11) is 1.50. The van der Waals surface area contributed by atoms with Crippen molar-refractivity contribution < 1.29 is 9.53 Å². The fraction of sp³-hybridized carbons (Fsp3) is 0.400. The number of nitrogens with one attached hydrogen (secondary N) is 1. The van der Waals surface area contributed by atoms with Gasteiger partial charge in [0.15, 0.2) is 0 Å². The molecule has 0 aliphatic carbocycles. The Morgan fingerprint density at radius 3 is 3.00 bits per heavy atom. The molecule has 1 heterocycles. The van der Waals surface area contributed by atoms with Crippen LogP contribution in [-0.2, 0) is 9.53 Å². The molecule has 1 aromatic heterocycles. The highest BCUT2D eigenvalue weighted by Gasteiger charge is 2.12. The van der Waals surface area contributed by atoms with Crippen molar-refractivity contribution in [3.8, 4) is 0 Å². The Bertz CT molecular complexity index is 341. The number of rotatable bonds is 4. The maximum absolute atomic E-state index is 11.5. The zero-order valence-electron chi connectivity index (χ0n) is 8.86. The number of nitrogens with two attached hydrogens (primary N) is 1. The highest BCUT2D eigenvalue weighted by atomic mass is 16.5. The van der Waals surface area contributed by atoms with E-state index in [0.717, 1.165) is 5.56 Å². The quantitative estimate of drug-likeness (QED) is 0.747. The summed E-state index contributed by atoms with van der Waals surface area (Å²) in [6.45, 7) is 2.10. The molecule has 0 spiro atoms. The molecule has 3 N–H and O–H groups in total. The van der Waals surface area contributed by atoms with Gasteiger partial charge < -0.3 is 15.8 Å². The topological polar surface area (TPSA) is 77.2 Å². The van der Waals surface area contributed by atoms with E-state index in [9.17, 15) is 4.79 Å². The van der Waals surface area contributed by atoms with Crippen LogP contribution in [0.2, 0.25) is 0 Å². The lowest BCUT2D eigenvalue weighted by Crippen LogP contribution is -2.39. The zero-order chi connectivity index (χ0) is 11.3. The first-order valence-corrected chi connectivity index (χ1v) is 4.60. The van der Waals surface area contributed by atoms with Crippen LogP contribution in [0.25, 0.3) is 0 Å². The third-order valence-corrected chi connectivity index (χ3v) is 1.83. The SMILES string of the molecule is COCC(N)C(=O)Nc1cncc(C)c1. The summed E-state index contributed by atoms with van der Waals surface area (Å²) in [5, 5.41) is 2.66. The van der Waals surface area contributed by atoms with Crippen LogP contribution in [0.5, 0.6) is 0 Å². The number of carbonyl (C=O) groups excluding carboxylic acids is 1. The minimum Gasteiger partial charge on any atom is -0.383 e. The van der Waals surface area contributed by atoms with Crippen molar-refractivity contribution in [1.29, 1.82) is 0 Å². The van der Waals surface area contributed by atoms with Crippen LogP contribution in [0.4, 0.5) is 5.69 Å².